The van der Waals surface area contributed by atoms with E-state index in [-0.39, 0.29) is 6.54 Å². The normalized spacial score (nSPS) is 10.3. The number of aldehydes is 1. The minimum Gasteiger partial charge on any atom is -0.354 e. The van der Waals surface area contributed by atoms with Crippen LogP contribution in [0.25, 0.3) is 0 Å². The van der Waals surface area contributed by atoms with Gasteiger partial charge in [0.15, 0.2) is 6.29 Å². The summed E-state index contributed by atoms with van der Waals surface area (Å²) in [6, 6.07) is 3.07. The molecule has 0 saturated carbocycles. The molecule has 1 aromatic rings. The third kappa shape index (κ3) is 2.76. The number of hydrogen-bond acceptors (Lipinski definition) is 3. The lowest BCUT2D eigenvalue weighted by atomic mass is 10.3. The molecule has 3 nitrogen and oxygen atoms in total. The number of hydrogen-bond donors (Lipinski definition) is 0. The summed E-state index contributed by atoms with van der Waals surface area (Å²) in [6.07, 6.45) is -0.388. The van der Waals surface area contributed by atoms with E-state index in [4.69, 9.17) is 0 Å². The molecule has 0 aromatic carbocycles. The monoisotopic (exact) mass is 200 g/mol. The van der Waals surface area contributed by atoms with Crippen LogP contribution < -0.4 is 4.90 Å². The Labute approximate surface area is 80.4 Å². The molecule has 0 aliphatic carbocycles. The van der Waals surface area contributed by atoms with Crippen LogP contribution in [-0.4, -0.2) is 31.3 Å². The predicted molar refractivity (Wildman–Crippen MR) is 48.9 cm³/mol. The lowest BCUT2D eigenvalue weighted by molar-refractivity contribution is 0.112. The Morgan fingerprint density at radius 2 is 2.29 bits per heavy atom. The van der Waals surface area contributed by atoms with E-state index in [1.54, 1.807) is 0 Å². The first-order chi connectivity index (χ1) is 6.63. The molecular formula is C9H10F2N2O. The largest absolute Gasteiger partial charge is 0.354 e. The van der Waals surface area contributed by atoms with Crippen molar-refractivity contribution in [3.63, 3.8) is 0 Å². The molecule has 0 atom stereocenters. The maximum absolute atomic E-state index is 12.0. The number of halogens is 2. The van der Waals surface area contributed by atoms with E-state index >= 15 is 0 Å². The smallest absolute Gasteiger partial charge is 0.255 e. The van der Waals surface area contributed by atoms with Crippen molar-refractivity contribution >= 4 is 12.1 Å². The molecule has 0 N–H and O–H groups in total. The van der Waals surface area contributed by atoms with Crippen LogP contribution in [0.1, 0.15) is 10.4 Å². The van der Waals surface area contributed by atoms with E-state index < -0.39 is 6.43 Å². The van der Waals surface area contributed by atoms with Gasteiger partial charge in [-0.2, -0.15) is 0 Å². The van der Waals surface area contributed by atoms with Gasteiger partial charge in [-0.15, -0.1) is 0 Å². The summed E-state index contributed by atoms with van der Waals surface area (Å²) in [4.78, 5) is 15.5. The van der Waals surface area contributed by atoms with Crippen molar-refractivity contribution in [2.45, 2.75) is 6.43 Å². The second kappa shape index (κ2) is 4.64. The van der Waals surface area contributed by atoms with Gasteiger partial charge in [0.05, 0.1) is 6.54 Å². The minimum absolute atomic E-state index is 0.368. The quantitative estimate of drug-likeness (QED) is 0.692. The van der Waals surface area contributed by atoms with Gasteiger partial charge >= 0.3 is 0 Å². The summed E-state index contributed by atoms with van der Waals surface area (Å²) in [5.74, 6) is 0.427. The SMILES string of the molecule is CN(CC(F)F)c1ccc(C=O)cn1. The summed E-state index contributed by atoms with van der Waals surface area (Å²) in [6.45, 7) is -0.368. The molecule has 0 amide bonds. The molecule has 0 radical (unpaired) electrons. The predicted octanol–water partition coefficient (Wildman–Crippen LogP) is 1.60. The Bertz CT molecular complexity index is 300. The summed E-state index contributed by atoms with van der Waals surface area (Å²) in [5.41, 5.74) is 0.430. The first-order valence-corrected chi connectivity index (χ1v) is 4.04. The molecule has 14 heavy (non-hydrogen) atoms. The Morgan fingerprint density at radius 1 is 1.57 bits per heavy atom. The van der Waals surface area contributed by atoms with Gasteiger partial charge in [-0.25, -0.2) is 13.8 Å². The van der Waals surface area contributed by atoms with E-state index in [2.05, 4.69) is 4.98 Å². The molecule has 0 unspecified atom stereocenters. The molecule has 0 aliphatic heterocycles. The van der Waals surface area contributed by atoms with Crippen LogP contribution in [-0.2, 0) is 0 Å². The fourth-order valence-electron chi connectivity index (χ4n) is 0.994. The van der Waals surface area contributed by atoms with Crippen molar-refractivity contribution in [2.75, 3.05) is 18.5 Å². The Hall–Kier alpha value is -1.52. The highest BCUT2D eigenvalue weighted by molar-refractivity contribution is 5.74. The van der Waals surface area contributed by atoms with Crippen molar-refractivity contribution in [3.8, 4) is 0 Å². The number of anilines is 1. The Balaban J connectivity index is 2.71. The average Bonchev–Trinajstić information content (AvgIpc) is 2.17. The molecule has 0 aliphatic rings. The molecule has 0 saturated heterocycles. The third-order valence-electron chi connectivity index (χ3n) is 1.71. The van der Waals surface area contributed by atoms with Gasteiger partial charge < -0.3 is 4.90 Å². The first-order valence-electron chi connectivity index (χ1n) is 4.04. The van der Waals surface area contributed by atoms with E-state index in [0.717, 1.165) is 0 Å². The Kier molecular flexibility index (Phi) is 3.50. The maximum Gasteiger partial charge on any atom is 0.255 e. The Morgan fingerprint density at radius 3 is 2.71 bits per heavy atom. The number of nitrogens with zero attached hydrogens (tertiary/aromatic N) is 2. The molecular weight excluding hydrogens is 190 g/mol. The van der Waals surface area contributed by atoms with Gasteiger partial charge in [0.1, 0.15) is 5.82 Å². The van der Waals surface area contributed by atoms with E-state index in [1.165, 1.54) is 30.3 Å². The fraction of sp³-hybridized carbons (Fsp3) is 0.333. The van der Waals surface area contributed by atoms with Gasteiger partial charge in [0.25, 0.3) is 6.43 Å². The molecule has 0 spiro atoms. The highest BCUT2D eigenvalue weighted by Gasteiger charge is 2.08. The topological polar surface area (TPSA) is 33.2 Å². The lowest BCUT2D eigenvalue weighted by Gasteiger charge is -2.16. The second-order valence-corrected chi connectivity index (χ2v) is 2.84. The van der Waals surface area contributed by atoms with Crippen LogP contribution in [0.15, 0.2) is 18.3 Å². The van der Waals surface area contributed by atoms with Crippen LogP contribution in [0.4, 0.5) is 14.6 Å². The second-order valence-electron chi connectivity index (χ2n) is 2.84. The molecule has 0 fully saturated rings. The van der Waals surface area contributed by atoms with Crippen molar-refractivity contribution in [3.05, 3.63) is 23.9 Å². The molecule has 1 heterocycles. The zero-order valence-corrected chi connectivity index (χ0v) is 7.65. The molecule has 76 valence electrons. The first kappa shape index (κ1) is 10.6. The zero-order valence-electron chi connectivity index (χ0n) is 7.65. The standard InChI is InChI=1S/C9H10F2N2O/c1-13(5-8(10)11)9-3-2-7(6-14)4-12-9/h2-4,6,8H,5H2,1H3. The summed E-state index contributed by atoms with van der Waals surface area (Å²) in [5, 5.41) is 0. The molecule has 1 rings (SSSR count). The highest BCUT2D eigenvalue weighted by atomic mass is 19.3. The van der Waals surface area contributed by atoms with Gasteiger partial charge in [0.2, 0.25) is 0 Å². The van der Waals surface area contributed by atoms with E-state index in [9.17, 15) is 13.6 Å². The highest BCUT2D eigenvalue weighted by Crippen LogP contribution is 2.10. The molecule has 1 aromatic heterocycles. The van der Waals surface area contributed by atoms with Crippen LogP contribution in [0.3, 0.4) is 0 Å². The van der Waals surface area contributed by atoms with Crippen molar-refractivity contribution in [1.29, 1.82) is 0 Å². The van der Waals surface area contributed by atoms with Gasteiger partial charge in [-0.3, -0.25) is 4.79 Å². The van der Waals surface area contributed by atoms with Gasteiger partial charge in [-0.05, 0) is 12.1 Å². The van der Waals surface area contributed by atoms with E-state index in [0.29, 0.717) is 17.7 Å². The van der Waals surface area contributed by atoms with Crippen LogP contribution in [0.5, 0.6) is 0 Å². The lowest BCUT2D eigenvalue weighted by Crippen LogP contribution is -2.24. The van der Waals surface area contributed by atoms with Crippen molar-refractivity contribution in [1.82, 2.24) is 4.98 Å². The fourth-order valence-corrected chi connectivity index (χ4v) is 0.994. The minimum atomic E-state index is -2.40. The number of pyridine rings is 1. The van der Waals surface area contributed by atoms with Gasteiger partial charge in [0, 0.05) is 18.8 Å². The van der Waals surface area contributed by atoms with E-state index in [1.807, 2.05) is 0 Å². The molecule has 0 bridgehead atoms. The van der Waals surface area contributed by atoms with Crippen LogP contribution in [0.2, 0.25) is 0 Å². The maximum atomic E-state index is 12.0. The van der Waals surface area contributed by atoms with Crippen LogP contribution in [0, 0.1) is 0 Å². The number of carbonyl (C=O) groups is 1. The van der Waals surface area contributed by atoms with Crippen molar-refractivity contribution in [2.24, 2.45) is 0 Å². The third-order valence-corrected chi connectivity index (χ3v) is 1.71. The summed E-state index contributed by atoms with van der Waals surface area (Å²) in [7, 11) is 1.52. The van der Waals surface area contributed by atoms with Crippen LogP contribution >= 0.6 is 0 Å². The zero-order chi connectivity index (χ0) is 10.6. The summed E-state index contributed by atoms with van der Waals surface area (Å²) >= 11 is 0. The summed E-state index contributed by atoms with van der Waals surface area (Å²) < 4.78 is 24.0. The number of alkyl halides is 2. The number of rotatable bonds is 4. The van der Waals surface area contributed by atoms with Crippen molar-refractivity contribution < 1.29 is 13.6 Å². The number of aromatic nitrogens is 1. The number of carbonyl (C=O) groups excluding carboxylic acids is 1. The average molecular weight is 200 g/mol. The van der Waals surface area contributed by atoms with Gasteiger partial charge in [-0.1, -0.05) is 0 Å². The molecule has 5 heteroatoms.